The second-order valence-electron chi connectivity index (χ2n) is 5.10. The lowest BCUT2D eigenvalue weighted by molar-refractivity contribution is -0.136. The van der Waals surface area contributed by atoms with Crippen LogP contribution in [0.1, 0.15) is 11.7 Å². The van der Waals surface area contributed by atoms with Gasteiger partial charge in [-0.05, 0) is 34.5 Å². The molecule has 7 nitrogen and oxygen atoms in total. The van der Waals surface area contributed by atoms with E-state index >= 15 is 0 Å². The monoisotopic (exact) mass is 348 g/mol. The molecule has 126 valence electrons. The van der Waals surface area contributed by atoms with Crippen LogP contribution < -0.4 is 20.1 Å². The highest BCUT2D eigenvalue weighted by Crippen LogP contribution is 2.32. The fourth-order valence-corrected chi connectivity index (χ4v) is 2.87. The molecule has 0 radical (unpaired) electrons. The van der Waals surface area contributed by atoms with E-state index in [2.05, 4.69) is 10.6 Å². The van der Waals surface area contributed by atoms with Crippen molar-refractivity contribution in [2.75, 3.05) is 25.1 Å². The predicted molar refractivity (Wildman–Crippen MR) is 88.4 cm³/mol. The van der Waals surface area contributed by atoms with E-state index in [1.807, 2.05) is 5.38 Å². The zero-order valence-electron chi connectivity index (χ0n) is 12.7. The maximum atomic E-state index is 11.9. The number of aliphatic hydroxyl groups excluding tert-OH is 1. The summed E-state index contributed by atoms with van der Waals surface area (Å²) in [4.78, 5) is 23.7. The van der Waals surface area contributed by atoms with Crippen molar-refractivity contribution in [2.45, 2.75) is 6.10 Å². The molecule has 2 aromatic rings. The van der Waals surface area contributed by atoms with Gasteiger partial charge in [-0.25, -0.2) is 0 Å². The number of carbonyl (C=O) groups excluding carboxylic acids is 2. The van der Waals surface area contributed by atoms with Crippen LogP contribution >= 0.6 is 11.3 Å². The number of thiophene rings is 1. The molecule has 1 aliphatic heterocycles. The quantitative estimate of drug-likeness (QED) is 0.724. The Labute approximate surface area is 142 Å². The van der Waals surface area contributed by atoms with Crippen LogP contribution in [0.15, 0.2) is 35.0 Å². The van der Waals surface area contributed by atoms with Gasteiger partial charge >= 0.3 is 11.8 Å². The first kappa shape index (κ1) is 16.3. The average molecular weight is 348 g/mol. The van der Waals surface area contributed by atoms with Gasteiger partial charge in [-0.1, -0.05) is 0 Å². The molecule has 1 aromatic carbocycles. The molecule has 8 heteroatoms. The molecule has 0 fully saturated rings. The van der Waals surface area contributed by atoms with Crippen LogP contribution in [0.2, 0.25) is 0 Å². The van der Waals surface area contributed by atoms with E-state index in [1.165, 1.54) is 11.3 Å². The minimum absolute atomic E-state index is 0.0376. The molecule has 24 heavy (non-hydrogen) atoms. The third-order valence-corrected chi connectivity index (χ3v) is 4.09. The van der Waals surface area contributed by atoms with Crippen molar-refractivity contribution in [3.8, 4) is 11.5 Å². The van der Waals surface area contributed by atoms with E-state index in [1.54, 1.807) is 29.6 Å². The number of fused-ring (bicyclic) bond motifs is 1. The summed E-state index contributed by atoms with van der Waals surface area (Å²) in [5.74, 6) is -0.515. The fourth-order valence-electron chi connectivity index (χ4n) is 2.16. The number of hydrogen-bond donors (Lipinski definition) is 3. The lowest BCUT2D eigenvalue weighted by Crippen LogP contribution is -2.37. The van der Waals surface area contributed by atoms with E-state index in [0.717, 1.165) is 0 Å². The van der Waals surface area contributed by atoms with E-state index in [0.29, 0.717) is 36.0 Å². The Morgan fingerprint density at radius 1 is 1.17 bits per heavy atom. The van der Waals surface area contributed by atoms with Gasteiger partial charge in [0.1, 0.15) is 13.2 Å². The Balaban J connectivity index is 1.53. The SMILES string of the molecule is O=C(NCC(O)c1ccsc1)C(=O)Nc1ccc2c(c1)OCCO2. The number of hydrogen-bond acceptors (Lipinski definition) is 6. The second kappa shape index (κ2) is 7.33. The van der Waals surface area contributed by atoms with Crippen LogP contribution in [-0.4, -0.2) is 36.7 Å². The first-order valence-electron chi connectivity index (χ1n) is 7.32. The van der Waals surface area contributed by atoms with Crippen LogP contribution in [0.3, 0.4) is 0 Å². The Morgan fingerprint density at radius 2 is 1.96 bits per heavy atom. The maximum Gasteiger partial charge on any atom is 0.313 e. The molecule has 3 rings (SSSR count). The molecule has 2 amide bonds. The Bertz CT molecular complexity index is 732. The first-order chi connectivity index (χ1) is 11.6. The number of amides is 2. The number of nitrogens with one attached hydrogen (secondary N) is 2. The van der Waals surface area contributed by atoms with Crippen LogP contribution in [0.25, 0.3) is 0 Å². The van der Waals surface area contributed by atoms with Gasteiger partial charge in [0.15, 0.2) is 11.5 Å². The summed E-state index contributed by atoms with van der Waals surface area (Å²) < 4.78 is 10.8. The molecule has 1 atom stereocenters. The lowest BCUT2D eigenvalue weighted by Gasteiger charge is -2.19. The van der Waals surface area contributed by atoms with Gasteiger partial charge in [-0.3, -0.25) is 9.59 Å². The molecule has 1 aromatic heterocycles. The number of ether oxygens (including phenoxy) is 2. The smallest absolute Gasteiger partial charge is 0.313 e. The van der Waals surface area contributed by atoms with Gasteiger partial charge < -0.3 is 25.2 Å². The molecule has 0 aliphatic carbocycles. The van der Waals surface area contributed by atoms with Gasteiger partial charge in [0.25, 0.3) is 0 Å². The molecular weight excluding hydrogens is 332 g/mol. The van der Waals surface area contributed by atoms with Crippen LogP contribution in [0.4, 0.5) is 5.69 Å². The Morgan fingerprint density at radius 3 is 2.71 bits per heavy atom. The van der Waals surface area contributed by atoms with Gasteiger partial charge in [0.2, 0.25) is 0 Å². The molecule has 1 aliphatic rings. The predicted octanol–water partition coefficient (Wildman–Crippen LogP) is 1.31. The summed E-state index contributed by atoms with van der Waals surface area (Å²) in [5.41, 5.74) is 1.13. The third-order valence-electron chi connectivity index (χ3n) is 3.39. The molecule has 0 spiro atoms. The Kier molecular flexibility index (Phi) is 4.97. The maximum absolute atomic E-state index is 11.9. The molecule has 0 saturated heterocycles. The standard InChI is InChI=1S/C16H16N2O5S/c19-12(10-3-6-24-9-10)8-17-15(20)16(21)18-11-1-2-13-14(7-11)23-5-4-22-13/h1-3,6-7,9,12,19H,4-5,8H2,(H,17,20)(H,18,21). The zero-order chi connectivity index (χ0) is 16.9. The summed E-state index contributed by atoms with van der Waals surface area (Å²) in [6.07, 6.45) is -0.845. The number of anilines is 1. The van der Waals surface area contributed by atoms with Crippen molar-refractivity contribution in [2.24, 2.45) is 0 Å². The first-order valence-corrected chi connectivity index (χ1v) is 8.27. The topological polar surface area (TPSA) is 96.9 Å². The van der Waals surface area contributed by atoms with E-state index in [4.69, 9.17) is 9.47 Å². The minimum Gasteiger partial charge on any atom is -0.486 e. The van der Waals surface area contributed by atoms with Crippen molar-refractivity contribution in [1.29, 1.82) is 0 Å². The van der Waals surface area contributed by atoms with Crippen LogP contribution in [-0.2, 0) is 9.59 Å². The summed E-state index contributed by atoms with van der Waals surface area (Å²) in [7, 11) is 0. The van der Waals surface area contributed by atoms with Crippen LogP contribution in [0, 0.1) is 0 Å². The third kappa shape index (κ3) is 3.84. The summed E-state index contributed by atoms with van der Waals surface area (Å²) in [6, 6.07) is 6.65. The van der Waals surface area contributed by atoms with Crippen LogP contribution in [0.5, 0.6) is 11.5 Å². The summed E-state index contributed by atoms with van der Waals surface area (Å²) >= 11 is 1.45. The highest BCUT2D eigenvalue weighted by atomic mass is 32.1. The number of rotatable bonds is 4. The van der Waals surface area contributed by atoms with Gasteiger partial charge in [-0.15, -0.1) is 0 Å². The largest absolute Gasteiger partial charge is 0.486 e. The molecule has 0 saturated carbocycles. The summed E-state index contributed by atoms with van der Waals surface area (Å²) in [5, 5.41) is 18.4. The normalized spacial score (nSPS) is 13.9. The summed E-state index contributed by atoms with van der Waals surface area (Å²) in [6.45, 7) is 0.878. The molecule has 1 unspecified atom stereocenters. The van der Waals surface area contributed by atoms with Crippen molar-refractivity contribution in [3.63, 3.8) is 0 Å². The van der Waals surface area contributed by atoms with Gasteiger partial charge in [-0.2, -0.15) is 11.3 Å². The lowest BCUT2D eigenvalue weighted by atomic mass is 10.2. The number of carbonyl (C=O) groups is 2. The fraction of sp³-hybridized carbons (Fsp3) is 0.250. The highest BCUT2D eigenvalue weighted by Gasteiger charge is 2.18. The van der Waals surface area contributed by atoms with Crippen molar-refractivity contribution in [3.05, 3.63) is 40.6 Å². The molecule has 0 bridgehead atoms. The number of benzene rings is 1. The second-order valence-corrected chi connectivity index (χ2v) is 5.88. The molecule has 2 heterocycles. The van der Waals surface area contributed by atoms with Crippen molar-refractivity contribution in [1.82, 2.24) is 5.32 Å². The number of aliphatic hydroxyl groups is 1. The molecule has 3 N–H and O–H groups in total. The molecular formula is C16H16N2O5S. The average Bonchev–Trinajstić information content (AvgIpc) is 3.14. The van der Waals surface area contributed by atoms with Crippen molar-refractivity contribution >= 4 is 28.8 Å². The van der Waals surface area contributed by atoms with E-state index < -0.39 is 17.9 Å². The van der Waals surface area contributed by atoms with Gasteiger partial charge in [0, 0.05) is 18.3 Å². The minimum atomic E-state index is -0.845. The van der Waals surface area contributed by atoms with E-state index in [9.17, 15) is 14.7 Å². The van der Waals surface area contributed by atoms with Crippen molar-refractivity contribution < 1.29 is 24.2 Å². The Hall–Kier alpha value is -2.58. The highest BCUT2D eigenvalue weighted by molar-refractivity contribution is 7.07. The zero-order valence-corrected chi connectivity index (χ0v) is 13.5. The van der Waals surface area contributed by atoms with Gasteiger partial charge in [0.05, 0.1) is 6.10 Å². The van der Waals surface area contributed by atoms with E-state index in [-0.39, 0.29) is 6.54 Å².